The van der Waals surface area contributed by atoms with Crippen molar-refractivity contribution in [3.63, 3.8) is 0 Å². The fourth-order valence-corrected chi connectivity index (χ4v) is 2.86. The van der Waals surface area contributed by atoms with Crippen LogP contribution in [-0.2, 0) is 4.79 Å². The highest BCUT2D eigenvalue weighted by Crippen LogP contribution is 2.47. The lowest BCUT2D eigenvalue weighted by Gasteiger charge is -2.12. The maximum atomic E-state index is 13.0. The highest BCUT2D eigenvalue weighted by Gasteiger charge is 2.52. The number of carbonyl (C=O) groups excluding carboxylic acids is 1. The van der Waals surface area contributed by atoms with Crippen molar-refractivity contribution in [1.82, 2.24) is 0 Å². The number of fused-ring (bicyclic) bond motifs is 2. The van der Waals surface area contributed by atoms with Crippen molar-refractivity contribution < 1.29 is 9.18 Å². The maximum absolute atomic E-state index is 13.0. The minimum absolute atomic E-state index is 0.0162. The van der Waals surface area contributed by atoms with E-state index in [1.54, 1.807) is 0 Å². The second-order valence-electron chi connectivity index (χ2n) is 3.14. The molecule has 0 aromatic rings. The number of halogens is 2. The molecular formula is C7H8BrFO. The molecule has 4 atom stereocenters. The molecule has 2 aliphatic rings. The molecule has 2 rings (SSSR count). The molecule has 2 bridgehead atoms. The van der Waals surface area contributed by atoms with Crippen LogP contribution in [0.1, 0.15) is 12.8 Å². The molecule has 3 heteroatoms. The first-order valence-electron chi connectivity index (χ1n) is 3.51. The Morgan fingerprint density at radius 2 is 2.30 bits per heavy atom. The Hall–Kier alpha value is 0.0800. The van der Waals surface area contributed by atoms with Gasteiger partial charge in [-0.25, -0.2) is 4.39 Å². The molecule has 0 aliphatic heterocycles. The number of rotatable bonds is 0. The molecule has 0 saturated heterocycles. The van der Waals surface area contributed by atoms with E-state index < -0.39 is 6.17 Å². The molecule has 0 aromatic heterocycles. The molecule has 0 heterocycles. The zero-order valence-corrected chi connectivity index (χ0v) is 6.97. The van der Waals surface area contributed by atoms with Crippen molar-refractivity contribution in [2.24, 2.45) is 11.8 Å². The summed E-state index contributed by atoms with van der Waals surface area (Å²) in [7, 11) is 0. The molecule has 0 amide bonds. The lowest BCUT2D eigenvalue weighted by Crippen LogP contribution is -2.16. The molecule has 0 aromatic carbocycles. The standard InChI is InChI=1S/C7H8BrFO/c8-5-1-4-6(10)2-3(5)7(4)9/h3-5,7H,1-2H2/t3-,4-,5-,7+/m0/s1. The smallest absolute Gasteiger partial charge is 0.139 e. The molecule has 2 fully saturated rings. The topological polar surface area (TPSA) is 17.1 Å². The summed E-state index contributed by atoms with van der Waals surface area (Å²) in [5, 5.41) is 0. The molecule has 10 heavy (non-hydrogen) atoms. The van der Waals surface area contributed by atoms with E-state index in [2.05, 4.69) is 15.9 Å². The first kappa shape index (κ1) is 6.77. The molecule has 0 N–H and O–H groups in total. The molecule has 56 valence electrons. The van der Waals surface area contributed by atoms with Gasteiger partial charge in [0.1, 0.15) is 12.0 Å². The van der Waals surface area contributed by atoms with Crippen LogP contribution in [0.25, 0.3) is 0 Å². The number of ketones is 1. The lowest BCUT2D eigenvalue weighted by molar-refractivity contribution is -0.122. The van der Waals surface area contributed by atoms with Crippen LogP contribution in [0.15, 0.2) is 0 Å². The normalized spacial score (nSPS) is 52.4. The summed E-state index contributed by atoms with van der Waals surface area (Å²) in [5.41, 5.74) is 0. The largest absolute Gasteiger partial charge is 0.299 e. The second-order valence-corrected chi connectivity index (χ2v) is 4.31. The van der Waals surface area contributed by atoms with Crippen molar-refractivity contribution >= 4 is 21.7 Å². The van der Waals surface area contributed by atoms with E-state index >= 15 is 0 Å². The van der Waals surface area contributed by atoms with Crippen LogP contribution in [0.2, 0.25) is 0 Å². The van der Waals surface area contributed by atoms with E-state index in [4.69, 9.17) is 0 Å². The van der Waals surface area contributed by atoms with Crippen LogP contribution in [-0.4, -0.2) is 16.8 Å². The first-order chi connectivity index (χ1) is 4.70. The summed E-state index contributed by atoms with van der Waals surface area (Å²) in [6.07, 6.45) is 0.323. The molecule has 1 nitrogen and oxygen atoms in total. The van der Waals surface area contributed by atoms with Gasteiger partial charge in [-0.1, -0.05) is 15.9 Å². The van der Waals surface area contributed by atoms with Crippen LogP contribution in [0, 0.1) is 11.8 Å². The zero-order valence-electron chi connectivity index (χ0n) is 5.39. The summed E-state index contributed by atoms with van der Waals surface area (Å²) in [6, 6.07) is 0. The number of alkyl halides is 2. The highest BCUT2D eigenvalue weighted by atomic mass is 79.9. The highest BCUT2D eigenvalue weighted by molar-refractivity contribution is 9.09. The predicted octanol–water partition coefficient (Wildman–Crippen LogP) is 1.70. The van der Waals surface area contributed by atoms with Crippen molar-refractivity contribution in [1.29, 1.82) is 0 Å². The number of hydrogen-bond acceptors (Lipinski definition) is 1. The Balaban J connectivity index is 2.25. The monoisotopic (exact) mass is 206 g/mol. The average molecular weight is 207 g/mol. The number of hydrogen-bond donors (Lipinski definition) is 0. The van der Waals surface area contributed by atoms with Crippen molar-refractivity contribution in [3.05, 3.63) is 0 Å². The quantitative estimate of drug-likeness (QED) is 0.552. The van der Waals surface area contributed by atoms with Gasteiger partial charge in [0.15, 0.2) is 0 Å². The van der Waals surface area contributed by atoms with Crippen LogP contribution >= 0.6 is 15.9 Å². The Labute approximate surface area is 67.1 Å². The van der Waals surface area contributed by atoms with Gasteiger partial charge in [-0.15, -0.1) is 0 Å². The van der Waals surface area contributed by atoms with E-state index in [9.17, 15) is 9.18 Å². The summed E-state index contributed by atoms with van der Waals surface area (Å²) in [4.78, 5) is 11.2. The van der Waals surface area contributed by atoms with Gasteiger partial charge < -0.3 is 0 Å². The third-order valence-corrected chi connectivity index (χ3v) is 3.64. The summed E-state index contributed by atoms with van der Waals surface area (Å²) in [5.74, 6) is -0.153. The molecule has 0 unspecified atom stereocenters. The van der Waals surface area contributed by atoms with Gasteiger partial charge >= 0.3 is 0 Å². The SMILES string of the molecule is O=C1C[C@@H]2[C@@H](F)[C@H]1C[C@@H]2Br. The van der Waals surface area contributed by atoms with Gasteiger partial charge in [-0.3, -0.25) is 4.79 Å². The fraction of sp³-hybridized carbons (Fsp3) is 0.857. The van der Waals surface area contributed by atoms with Crippen molar-refractivity contribution in [3.8, 4) is 0 Å². The van der Waals surface area contributed by atoms with Crippen molar-refractivity contribution in [2.75, 3.05) is 0 Å². The van der Waals surface area contributed by atoms with Gasteiger partial charge in [0.05, 0.1) is 5.92 Å². The Bertz CT molecular complexity index is 182. The van der Waals surface area contributed by atoms with Gasteiger partial charge in [-0.05, 0) is 6.42 Å². The van der Waals surface area contributed by atoms with Crippen LogP contribution in [0.3, 0.4) is 0 Å². The van der Waals surface area contributed by atoms with Crippen molar-refractivity contribution in [2.45, 2.75) is 23.8 Å². The summed E-state index contributed by atoms with van der Waals surface area (Å²) >= 11 is 3.37. The third-order valence-electron chi connectivity index (χ3n) is 2.59. The van der Waals surface area contributed by atoms with E-state index in [0.717, 1.165) is 0 Å². The Morgan fingerprint density at radius 1 is 1.60 bits per heavy atom. The molecule has 0 radical (unpaired) electrons. The summed E-state index contributed by atoms with van der Waals surface area (Å²) in [6.45, 7) is 0. The zero-order chi connectivity index (χ0) is 7.30. The number of Topliss-reactive ketones (excluding diaryl/α,β-unsaturated/α-hetero) is 1. The van der Waals surface area contributed by atoms with Gasteiger partial charge in [0.2, 0.25) is 0 Å². The van der Waals surface area contributed by atoms with Gasteiger partial charge in [0, 0.05) is 17.2 Å². The lowest BCUT2D eigenvalue weighted by atomic mass is 10.00. The predicted molar refractivity (Wildman–Crippen MR) is 38.8 cm³/mol. The van der Waals surface area contributed by atoms with Crippen LogP contribution < -0.4 is 0 Å². The van der Waals surface area contributed by atoms with Crippen LogP contribution in [0.4, 0.5) is 4.39 Å². The Kier molecular flexibility index (Phi) is 1.38. The first-order valence-corrected chi connectivity index (χ1v) is 4.42. The number of carbonyl (C=O) groups is 1. The van der Waals surface area contributed by atoms with E-state index in [1.807, 2.05) is 0 Å². The molecule has 0 spiro atoms. The fourth-order valence-electron chi connectivity index (χ4n) is 1.98. The molecular weight excluding hydrogens is 199 g/mol. The minimum atomic E-state index is -0.850. The summed E-state index contributed by atoms with van der Waals surface area (Å²) < 4.78 is 13.0. The second kappa shape index (κ2) is 2.03. The van der Waals surface area contributed by atoms with Gasteiger partial charge in [0.25, 0.3) is 0 Å². The van der Waals surface area contributed by atoms with E-state index in [1.165, 1.54) is 0 Å². The Morgan fingerprint density at radius 3 is 2.60 bits per heavy atom. The third kappa shape index (κ3) is 0.698. The van der Waals surface area contributed by atoms with Gasteiger partial charge in [-0.2, -0.15) is 0 Å². The molecule has 2 saturated carbocycles. The minimum Gasteiger partial charge on any atom is -0.299 e. The van der Waals surface area contributed by atoms with E-state index in [0.29, 0.717) is 12.8 Å². The maximum Gasteiger partial charge on any atom is 0.139 e. The van der Waals surface area contributed by atoms with E-state index in [-0.39, 0.29) is 22.4 Å². The molecule has 2 aliphatic carbocycles. The average Bonchev–Trinajstić information content (AvgIpc) is 2.26. The van der Waals surface area contributed by atoms with Crippen LogP contribution in [0.5, 0.6) is 0 Å².